The third kappa shape index (κ3) is 6.05. The number of hydrogen-bond donors (Lipinski definition) is 1. The van der Waals surface area contributed by atoms with Crippen LogP contribution < -0.4 is 9.62 Å². The van der Waals surface area contributed by atoms with Gasteiger partial charge in [0.05, 0.1) is 10.6 Å². The van der Waals surface area contributed by atoms with Gasteiger partial charge < -0.3 is 10.2 Å². The molecule has 0 bridgehead atoms. The highest BCUT2D eigenvalue weighted by molar-refractivity contribution is 7.92. The highest BCUT2D eigenvalue weighted by atomic mass is 32.2. The van der Waals surface area contributed by atoms with E-state index >= 15 is 0 Å². The molecule has 3 rings (SSSR count). The number of anilines is 1. The number of carbonyl (C=O) groups excluding carboxylic acids is 2. The van der Waals surface area contributed by atoms with E-state index in [1.165, 1.54) is 42.3 Å². The fourth-order valence-electron chi connectivity index (χ4n) is 3.75. The van der Waals surface area contributed by atoms with E-state index in [-0.39, 0.29) is 23.0 Å². The molecule has 35 heavy (non-hydrogen) atoms. The van der Waals surface area contributed by atoms with Crippen LogP contribution in [0.5, 0.6) is 0 Å². The lowest BCUT2D eigenvalue weighted by Crippen LogP contribution is -2.51. The van der Waals surface area contributed by atoms with E-state index in [2.05, 4.69) is 5.32 Å². The number of benzene rings is 3. The number of carbonyl (C=O) groups is 2. The third-order valence-corrected chi connectivity index (χ3v) is 7.33. The first-order chi connectivity index (χ1) is 16.8. The average Bonchev–Trinajstić information content (AvgIpc) is 2.88. The fraction of sp³-hybridized carbons (Fsp3) is 0.231. The first-order valence-electron chi connectivity index (χ1n) is 11.2. The van der Waals surface area contributed by atoms with Crippen LogP contribution in [0.2, 0.25) is 0 Å². The Morgan fingerprint density at radius 3 is 2.06 bits per heavy atom. The Morgan fingerprint density at radius 2 is 1.49 bits per heavy atom. The van der Waals surface area contributed by atoms with E-state index in [0.29, 0.717) is 6.42 Å². The van der Waals surface area contributed by atoms with Gasteiger partial charge in [0.1, 0.15) is 18.4 Å². The van der Waals surface area contributed by atoms with Gasteiger partial charge in [-0.1, -0.05) is 67.6 Å². The molecule has 7 nitrogen and oxygen atoms in total. The van der Waals surface area contributed by atoms with E-state index in [1.54, 1.807) is 25.1 Å². The van der Waals surface area contributed by atoms with Crippen molar-refractivity contribution in [2.75, 3.05) is 17.9 Å². The number of nitrogens with one attached hydrogen (secondary N) is 1. The zero-order valence-electron chi connectivity index (χ0n) is 19.6. The van der Waals surface area contributed by atoms with Crippen LogP contribution in [0.25, 0.3) is 0 Å². The van der Waals surface area contributed by atoms with Gasteiger partial charge in [-0.15, -0.1) is 0 Å². The van der Waals surface area contributed by atoms with E-state index < -0.39 is 34.3 Å². The molecule has 3 aromatic carbocycles. The minimum Gasteiger partial charge on any atom is -0.357 e. The number of halogens is 1. The number of nitrogens with zero attached hydrogens (tertiary/aromatic N) is 2. The maximum absolute atomic E-state index is 14.8. The lowest BCUT2D eigenvalue weighted by Gasteiger charge is -2.33. The minimum absolute atomic E-state index is 0.0796. The third-order valence-electron chi connectivity index (χ3n) is 5.56. The second-order valence-electron chi connectivity index (χ2n) is 7.82. The molecule has 0 fully saturated rings. The molecule has 1 unspecified atom stereocenters. The van der Waals surface area contributed by atoms with Crippen LogP contribution in [0.3, 0.4) is 0 Å². The lowest BCUT2D eigenvalue weighted by molar-refractivity contribution is -0.140. The Labute approximate surface area is 205 Å². The van der Waals surface area contributed by atoms with Gasteiger partial charge in [0.25, 0.3) is 10.0 Å². The van der Waals surface area contributed by atoms with Crippen molar-refractivity contribution >= 4 is 27.5 Å². The van der Waals surface area contributed by atoms with Crippen molar-refractivity contribution in [1.29, 1.82) is 0 Å². The van der Waals surface area contributed by atoms with Crippen molar-refractivity contribution in [3.63, 3.8) is 0 Å². The van der Waals surface area contributed by atoms with Crippen molar-refractivity contribution in [2.24, 2.45) is 0 Å². The van der Waals surface area contributed by atoms with Crippen LogP contribution >= 0.6 is 0 Å². The quantitative estimate of drug-likeness (QED) is 0.464. The van der Waals surface area contributed by atoms with Crippen LogP contribution in [0.15, 0.2) is 89.8 Å². The largest absolute Gasteiger partial charge is 0.357 e. The Bertz CT molecular complexity index is 1250. The fourth-order valence-corrected chi connectivity index (χ4v) is 5.20. The van der Waals surface area contributed by atoms with Gasteiger partial charge in [-0.2, -0.15) is 0 Å². The molecule has 0 spiro atoms. The summed E-state index contributed by atoms with van der Waals surface area (Å²) < 4.78 is 42.6. The number of para-hydroxylation sites is 1. The van der Waals surface area contributed by atoms with Crippen LogP contribution in [0.4, 0.5) is 10.1 Å². The minimum atomic E-state index is -4.29. The Hall–Kier alpha value is -3.72. The molecule has 1 atom stereocenters. The van der Waals surface area contributed by atoms with Gasteiger partial charge in [-0.05, 0) is 36.2 Å². The molecule has 2 amide bonds. The Kier molecular flexibility index (Phi) is 8.59. The van der Waals surface area contributed by atoms with Gasteiger partial charge in [-0.3, -0.25) is 13.9 Å². The molecule has 9 heteroatoms. The lowest BCUT2D eigenvalue weighted by atomic mass is 10.1. The van der Waals surface area contributed by atoms with Crippen molar-refractivity contribution in [2.45, 2.75) is 30.8 Å². The first kappa shape index (κ1) is 25.9. The molecule has 0 saturated heterocycles. The highest BCUT2D eigenvalue weighted by Gasteiger charge is 2.34. The van der Waals surface area contributed by atoms with Crippen LogP contribution in [-0.4, -0.2) is 44.8 Å². The van der Waals surface area contributed by atoms with Crippen molar-refractivity contribution in [3.8, 4) is 0 Å². The van der Waals surface area contributed by atoms with Gasteiger partial charge in [0.2, 0.25) is 11.8 Å². The maximum atomic E-state index is 14.8. The SMILES string of the molecule is CCC(C(=O)NC)N(Cc1ccccc1)C(=O)CN(c1ccccc1F)S(=O)(=O)c1ccccc1. The van der Waals surface area contributed by atoms with E-state index in [1.807, 2.05) is 30.3 Å². The molecule has 0 saturated carbocycles. The Morgan fingerprint density at radius 1 is 0.914 bits per heavy atom. The van der Waals surface area contributed by atoms with Crippen LogP contribution in [0, 0.1) is 5.82 Å². The average molecular weight is 498 g/mol. The molecule has 0 aromatic heterocycles. The summed E-state index contributed by atoms with van der Waals surface area (Å²) in [7, 11) is -2.82. The monoisotopic (exact) mass is 497 g/mol. The van der Waals surface area contributed by atoms with Gasteiger partial charge in [0.15, 0.2) is 0 Å². The van der Waals surface area contributed by atoms with Crippen molar-refractivity contribution in [1.82, 2.24) is 10.2 Å². The van der Waals surface area contributed by atoms with Crippen molar-refractivity contribution in [3.05, 3.63) is 96.3 Å². The summed E-state index contributed by atoms with van der Waals surface area (Å²) in [4.78, 5) is 27.5. The van der Waals surface area contributed by atoms with Crippen LogP contribution in [-0.2, 0) is 26.2 Å². The summed E-state index contributed by atoms with van der Waals surface area (Å²) in [5.41, 5.74) is 0.518. The maximum Gasteiger partial charge on any atom is 0.264 e. The van der Waals surface area contributed by atoms with Gasteiger partial charge in [0, 0.05) is 13.6 Å². The van der Waals surface area contributed by atoms with Gasteiger partial charge >= 0.3 is 0 Å². The normalized spacial score (nSPS) is 12.0. The molecular formula is C26H28FN3O4S. The first-order valence-corrected chi connectivity index (χ1v) is 12.6. The summed E-state index contributed by atoms with van der Waals surface area (Å²) in [6, 6.07) is 21.1. The molecule has 3 aromatic rings. The summed E-state index contributed by atoms with van der Waals surface area (Å²) in [6.45, 7) is 1.17. The topological polar surface area (TPSA) is 86.8 Å². The molecule has 0 aliphatic carbocycles. The number of sulfonamides is 1. The summed E-state index contributed by atoms with van der Waals surface area (Å²) in [5.74, 6) is -1.79. The molecule has 0 aliphatic heterocycles. The standard InChI is InChI=1S/C26H28FN3O4S/c1-3-23(26(32)28-2)29(18-20-12-6-4-7-13-20)25(31)19-30(24-17-11-10-16-22(24)27)35(33,34)21-14-8-5-9-15-21/h4-17,23H,3,18-19H2,1-2H3,(H,28,32). The second-order valence-corrected chi connectivity index (χ2v) is 9.68. The predicted octanol–water partition coefficient (Wildman–Crippen LogP) is 3.57. The molecule has 0 aliphatic rings. The molecule has 1 N–H and O–H groups in total. The smallest absolute Gasteiger partial charge is 0.264 e. The zero-order chi connectivity index (χ0) is 25.4. The summed E-state index contributed by atoms with van der Waals surface area (Å²) in [6.07, 6.45) is 0.309. The van der Waals surface area contributed by atoms with Crippen molar-refractivity contribution < 1.29 is 22.4 Å². The van der Waals surface area contributed by atoms with E-state index in [9.17, 15) is 22.4 Å². The predicted molar refractivity (Wildman–Crippen MR) is 133 cm³/mol. The summed E-state index contributed by atoms with van der Waals surface area (Å²) >= 11 is 0. The highest BCUT2D eigenvalue weighted by Crippen LogP contribution is 2.27. The second kappa shape index (κ2) is 11.6. The van der Waals surface area contributed by atoms with E-state index in [0.717, 1.165) is 15.9 Å². The zero-order valence-corrected chi connectivity index (χ0v) is 20.4. The molecule has 184 valence electrons. The number of rotatable bonds is 10. The molecule has 0 radical (unpaired) electrons. The number of likely N-dealkylation sites (N-methyl/N-ethyl adjacent to an activating group) is 1. The number of amides is 2. The summed E-state index contributed by atoms with van der Waals surface area (Å²) in [5, 5.41) is 2.56. The number of hydrogen-bond acceptors (Lipinski definition) is 4. The van der Waals surface area contributed by atoms with E-state index in [4.69, 9.17) is 0 Å². The van der Waals surface area contributed by atoms with Gasteiger partial charge in [-0.25, -0.2) is 12.8 Å². The molecule has 0 heterocycles. The molecular weight excluding hydrogens is 469 g/mol. The van der Waals surface area contributed by atoms with Crippen LogP contribution in [0.1, 0.15) is 18.9 Å². The Balaban J connectivity index is 2.05.